The van der Waals surface area contributed by atoms with Crippen LogP contribution in [0.1, 0.15) is 6.92 Å². The number of aliphatic hydroxyl groups is 1. The van der Waals surface area contributed by atoms with E-state index in [2.05, 4.69) is 27.8 Å². The summed E-state index contributed by atoms with van der Waals surface area (Å²) >= 11 is 3.20. The molecule has 9 heavy (non-hydrogen) atoms. The molecule has 0 aliphatic carbocycles. The van der Waals surface area contributed by atoms with Crippen molar-refractivity contribution in [1.82, 2.24) is 4.90 Å². The number of likely N-dealkylation sites (N-methyl/N-ethyl adjacent to an activating group) is 1. The number of alkyl halides is 1. The van der Waals surface area contributed by atoms with Crippen LogP contribution in [0.5, 0.6) is 0 Å². The van der Waals surface area contributed by atoms with Gasteiger partial charge in [0.05, 0.1) is 6.10 Å². The Hall–Kier alpha value is 0.400. The van der Waals surface area contributed by atoms with Crippen LogP contribution in [0.4, 0.5) is 0 Å². The van der Waals surface area contributed by atoms with Gasteiger partial charge in [-0.05, 0) is 13.6 Å². The number of rotatable bonds is 4. The summed E-state index contributed by atoms with van der Waals surface area (Å²) in [7, 11) is 1.99. The molecule has 1 N–H and O–H groups in total. The van der Waals surface area contributed by atoms with Crippen molar-refractivity contribution < 1.29 is 5.11 Å². The lowest BCUT2D eigenvalue weighted by Gasteiger charge is -2.16. The van der Waals surface area contributed by atoms with Crippen LogP contribution in [0, 0.1) is 0 Å². The van der Waals surface area contributed by atoms with Crippen LogP contribution >= 0.6 is 15.9 Å². The molecule has 0 bridgehead atoms. The van der Waals surface area contributed by atoms with Crippen molar-refractivity contribution in [3.8, 4) is 0 Å². The summed E-state index contributed by atoms with van der Waals surface area (Å²) in [6, 6.07) is 0. The summed E-state index contributed by atoms with van der Waals surface area (Å²) in [5.41, 5.74) is 0. The van der Waals surface area contributed by atoms with Crippen LogP contribution < -0.4 is 0 Å². The van der Waals surface area contributed by atoms with E-state index in [4.69, 9.17) is 5.11 Å². The summed E-state index contributed by atoms with van der Waals surface area (Å²) in [6.45, 7) is 3.81. The zero-order valence-corrected chi connectivity index (χ0v) is 7.56. The Kier molecular flexibility index (Phi) is 5.44. The zero-order chi connectivity index (χ0) is 7.28. The van der Waals surface area contributed by atoms with Gasteiger partial charge < -0.3 is 10.0 Å². The monoisotopic (exact) mass is 195 g/mol. The predicted octanol–water partition coefficient (Wildman–Crippen LogP) is 0.694. The molecule has 1 atom stereocenters. The largest absolute Gasteiger partial charge is 0.391 e. The molecule has 0 amide bonds. The highest BCUT2D eigenvalue weighted by Crippen LogP contribution is 1.92. The van der Waals surface area contributed by atoms with Gasteiger partial charge in [0.2, 0.25) is 0 Å². The number of hydrogen-bond donors (Lipinski definition) is 1. The van der Waals surface area contributed by atoms with Gasteiger partial charge in [-0.25, -0.2) is 0 Å². The third-order valence-electron chi connectivity index (χ3n) is 1.24. The molecule has 0 radical (unpaired) electrons. The van der Waals surface area contributed by atoms with Gasteiger partial charge >= 0.3 is 0 Å². The molecule has 0 aliphatic heterocycles. The normalized spacial score (nSPS) is 14.3. The Morgan fingerprint density at radius 2 is 2.22 bits per heavy atom. The smallest absolute Gasteiger partial charge is 0.0763 e. The van der Waals surface area contributed by atoms with E-state index >= 15 is 0 Å². The van der Waals surface area contributed by atoms with E-state index in [0.717, 1.165) is 13.1 Å². The van der Waals surface area contributed by atoms with Gasteiger partial charge in [0.25, 0.3) is 0 Å². The van der Waals surface area contributed by atoms with E-state index in [1.807, 2.05) is 7.05 Å². The fraction of sp³-hybridized carbons (Fsp3) is 1.00. The number of hydrogen-bond acceptors (Lipinski definition) is 2. The van der Waals surface area contributed by atoms with E-state index in [1.165, 1.54) is 0 Å². The second-order valence-corrected chi connectivity index (χ2v) is 2.81. The Bertz CT molecular complexity index is 62.1. The molecule has 0 aromatic rings. The minimum atomic E-state index is -0.227. The van der Waals surface area contributed by atoms with Crippen molar-refractivity contribution in [2.24, 2.45) is 0 Å². The average Bonchev–Trinajstić information content (AvgIpc) is 1.87. The third-order valence-corrected chi connectivity index (χ3v) is 1.99. The quantitative estimate of drug-likeness (QED) is 0.669. The summed E-state index contributed by atoms with van der Waals surface area (Å²) in [6.07, 6.45) is -0.227. The summed E-state index contributed by atoms with van der Waals surface area (Å²) in [5.74, 6) is 0. The molecule has 0 heterocycles. The SMILES string of the molecule is CCN(C)CC(O)CBr. The van der Waals surface area contributed by atoms with E-state index in [-0.39, 0.29) is 6.10 Å². The standard InChI is InChI=1S/C6H14BrNO/c1-3-8(2)5-6(9)4-7/h6,9H,3-5H2,1-2H3. The van der Waals surface area contributed by atoms with Gasteiger partial charge in [-0.15, -0.1) is 0 Å². The maximum absolute atomic E-state index is 9.07. The number of halogens is 1. The Balaban J connectivity index is 3.22. The van der Waals surface area contributed by atoms with Crippen molar-refractivity contribution in [2.45, 2.75) is 13.0 Å². The average molecular weight is 196 g/mol. The maximum atomic E-state index is 9.07. The molecule has 0 aromatic carbocycles. The first-order valence-electron chi connectivity index (χ1n) is 3.13. The van der Waals surface area contributed by atoms with E-state index in [0.29, 0.717) is 5.33 Å². The fourth-order valence-corrected chi connectivity index (χ4v) is 0.742. The topological polar surface area (TPSA) is 23.5 Å². The molecule has 0 fully saturated rings. The molecule has 0 spiro atoms. The van der Waals surface area contributed by atoms with Gasteiger partial charge in [0.1, 0.15) is 0 Å². The van der Waals surface area contributed by atoms with Crippen LogP contribution in [0.15, 0.2) is 0 Å². The molecule has 56 valence electrons. The predicted molar refractivity (Wildman–Crippen MR) is 43.0 cm³/mol. The van der Waals surface area contributed by atoms with Crippen molar-refractivity contribution in [1.29, 1.82) is 0 Å². The first-order chi connectivity index (χ1) is 4.20. The van der Waals surface area contributed by atoms with E-state index < -0.39 is 0 Å². The second-order valence-electron chi connectivity index (χ2n) is 2.16. The lowest BCUT2D eigenvalue weighted by Crippen LogP contribution is -2.29. The van der Waals surface area contributed by atoms with E-state index in [1.54, 1.807) is 0 Å². The molecular weight excluding hydrogens is 182 g/mol. The van der Waals surface area contributed by atoms with Crippen LogP contribution in [0.2, 0.25) is 0 Å². The number of nitrogens with zero attached hydrogens (tertiary/aromatic N) is 1. The van der Waals surface area contributed by atoms with Crippen molar-refractivity contribution in [3.05, 3.63) is 0 Å². The molecule has 0 aliphatic rings. The fourth-order valence-electron chi connectivity index (χ4n) is 0.538. The highest BCUT2D eigenvalue weighted by Gasteiger charge is 2.02. The summed E-state index contributed by atoms with van der Waals surface area (Å²) < 4.78 is 0. The van der Waals surface area contributed by atoms with Crippen LogP contribution in [0.25, 0.3) is 0 Å². The molecule has 2 nitrogen and oxygen atoms in total. The van der Waals surface area contributed by atoms with Crippen molar-refractivity contribution >= 4 is 15.9 Å². The molecule has 0 saturated heterocycles. The first kappa shape index (κ1) is 9.40. The Morgan fingerprint density at radius 1 is 1.67 bits per heavy atom. The zero-order valence-electron chi connectivity index (χ0n) is 5.97. The molecular formula is C6H14BrNO. The maximum Gasteiger partial charge on any atom is 0.0763 e. The minimum Gasteiger partial charge on any atom is -0.391 e. The molecule has 0 saturated carbocycles. The summed E-state index contributed by atoms with van der Waals surface area (Å²) in [5, 5.41) is 9.73. The van der Waals surface area contributed by atoms with Crippen molar-refractivity contribution in [3.63, 3.8) is 0 Å². The minimum absolute atomic E-state index is 0.227. The number of aliphatic hydroxyl groups excluding tert-OH is 1. The molecule has 0 aromatic heterocycles. The van der Waals surface area contributed by atoms with Crippen molar-refractivity contribution in [2.75, 3.05) is 25.5 Å². The highest BCUT2D eigenvalue weighted by atomic mass is 79.9. The lowest BCUT2D eigenvalue weighted by molar-refractivity contribution is 0.149. The van der Waals surface area contributed by atoms with Gasteiger partial charge in [-0.3, -0.25) is 0 Å². The first-order valence-corrected chi connectivity index (χ1v) is 4.25. The van der Waals surface area contributed by atoms with E-state index in [9.17, 15) is 0 Å². The molecule has 3 heteroatoms. The van der Waals surface area contributed by atoms with Gasteiger partial charge in [0, 0.05) is 11.9 Å². The Morgan fingerprint density at radius 3 is 2.56 bits per heavy atom. The molecule has 1 unspecified atom stereocenters. The van der Waals surface area contributed by atoms with Gasteiger partial charge in [-0.2, -0.15) is 0 Å². The molecule has 0 rings (SSSR count). The van der Waals surface area contributed by atoms with Crippen LogP contribution in [-0.4, -0.2) is 41.6 Å². The highest BCUT2D eigenvalue weighted by molar-refractivity contribution is 9.09. The van der Waals surface area contributed by atoms with Gasteiger partial charge in [0.15, 0.2) is 0 Å². The lowest BCUT2D eigenvalue weighted by atomic mass is 10.4. The third kappa shape index (κ3) is 4.88. The second kappa shape index (κ2) is 5.21. The Labute approximate surface area is 65.0 Å². The summed E-state index contributed by atoms with van der Waals surface area (Å²) in [4.78, 5) is 2.08. The van der Waals surface area contributed by atoms with Gasteiger partial charge in [-0.1, -0.05) is 22.9 Å². The van der Waals surface area contributed by atoms with Crippen LogP contribution in [-0.2, 0) is 0 Å². The van der Waals surface area contributed by atoms with Crippen LogP contribution in [0.3, 0.4) is 0 Å².